The molecule has 0 bridgehead atoms. The first-order valence-electron chi connectivity index (χ1n) is 6.01. The zero-order valence-corrected chi connectivity index (χ0v) is 10.8. The van der Waals surface area contributed by atoms with Crippen molar-refractivity contribution in [3.8, 4) is 5.75 Å². The van der Waals surface area contributed by atoms with Gasteiger partial charge in [-0.05, 0) is 31.4 Å². The number of carbonyl (C=O) groups is 1. The molecule has 2 rings (SSSR count). The third-order valence-electron chi connectivity index (χ3n) is 2.91. The molecule has 1 atom stereocenters. The summed E-state index contributed by atoms with van der Waals surface area (Å²) >= 11 is 4.97. The maximum absolute atomic E-state index is 11.8. The van der Waals surface area contributed by atoms with Gasteiger partial charge < -0.3 is 15.8 Å². The van der Waals surface area contributed by atoms with Crippen LogP contribution in [0.1, 0.15) is 24.8 Å². The van der Waals surface area contributed by atoms with Gasteiger partial charge >= 0.3 is 0 Å². The Balaban J connectivity index is 2.17. The van der Waals surface area contributed by atoms with Crippen LogP contribution in [0.15, 0.2) is 24.3 Å². The van der Waals surface area contributed by atoms with Crippen LogP contribution in [0.5, 0.6) is 5.75 Å². The number of hydrogen-bond donors (Lipinski definition) is 2. The molecule has 1 aliphatic rings. The molecule has 18 heavy (non-hydrogen) atoms. The second-order valence-electron chi connectivity index (χ2n) is 4.25. The first kappa shape index (κ1) is 12.8. The summed E-state index contributed by atoms with van der Waals surface area (Å²) in [5.74, 6) is 0.511. The molecule has 0 spiro atoms. The zero-order valence-electron chi connectivity index (χ0n) is 10.0. The summed E-state index contributed by atoms with van der Waals surface area (Å²) in [7, 11) is 0. The van der Waals surface area contributed by atoms with Gasteiger partial charge in [-0.25, -0.2) is 0 Å². The van der Waals surface area contributed by atoms with Gasteiger partial charge in [0.2, 0.25) is 0 Å². The molecule has 0 radical (unpaired) electrons. The van der Waals surface area contributed by atoms with Crippen molar-refractivity contribution < 1.29 is 9.53 Å². The Hall–Kier alpha value is -1.62. The van der Waals surface area contributed by atoms with E-state index >= 15 is 0 Å². The van der Waals surface area contributed by atoms with E-state index in [0.29, 0.717) is 11.3 Å². The predicted octanol–water partition coefficient (Wildman–Crippen LogP) is 1.37. The molecule has 1 aromatic carbocycles. The molecule has 5 heteroatoms. The number of carbonyl (C=O) groups excluding carboxylic acids is 1. The van der Waals surface area contributed by atoms with Crippen molar-refractivity contribution in [2.24, 2.45) is 5.73 Å². The van der Waals surface area contributed by atoms with E-state index in [-0.39, 0.29) is 10.9 Å². The van der Waals surface area contributed by atoms with Crippen molar-refractivity contribution in [1.29, 1.82) is 0 Å². The van der Waals surface area contributed by atoms with Crippen molar-refractivity contribution in [2.45, 2.75) is 25.4 Å². The van der Waals surface area contributed by atoms with Gasteiger partial charge in [0.05, 0.1) is 5.56 Å². The van der Waals surface area contributed by atoms with Crippen molar-refractivity contribution in [1.82, 2.24) is 5.32 Å². The van der Waals surface area contributed by atoms with Gasteiger partial charge in [0.1, 0.15) is 10.7 Å². The molecule has 96 valence electrons. The Labute approximate surface area is 112 Å². The number of hydrogen-bond acceptors (Lipinski definition) is 3. The fourth-order valence-corrected chi connectivity index (χ4v) is 2.12. The third kappa shape index (κ3) is 2.98. The number of nitrogens with one attached hydrogen (secondary N) is 1. The summed E-state index contributed by atoms with van der Waals surface area (Å²) in [6, 6.07) is 7.26. The van der Waals surface area contributed by atoms with Gasteiger partial charge in [0.25, 0.3) is 5.91 Å². The first-order valence-corrected chi connectivity index (χ1v) is 6.42. The minimum Gasteiger partial charge on any atom is -0.480 e. The molecule has 1 amide bonds. The van der Waals surface area contributed by atoms with Crippen molar-refractivity contribution in [3.05, 3.63) is 29.8 Å². The molecule has 1 aromatic rings. The van der Waals surface area contributed by atoms with Gasteiger partial charge in [-0.3, -0.25) is 4.79 Å². The highest BCUT2D eigenvalue weighted by molar-refractivity contribution is 7.80. The Morgan fingerprint density at radius 3 is 2.94 bits per heavy atom. The smallest absolute Gasteiger partial charge is 0.261 e. The summed E-state index contributed by atoms with van der Waals surface area (Å²) in [4.78, 5) is 12.1. The van der Waals surface area contributed by atoms with Crippen molar-refractivity contribution in [3.63, 3.8) is 0 Å². The second kappa shape index (κ2) is 5.82. The maximum Gasteiger partial charge on any atom is 0.261 e. The largest absolute Gasteiger partial charge is 0.480 e. The molecule has 1 fully saturated rings. The van der Waals surface area contributed by atoms with E-state index in [9.17, 15) is 4.79 Å². The number of rotatable bonds is 3. The normalized spacial score (nSPS) is 19.8. The molecule has 0 aliphatic carbocycles. The highest BCUT2D eigenvalue weighted by Gasteiger charge is 2.23. The van der Waals surface area contributed by atoms with Crippen LogP contribution in [0.4, 0.5) is 0 Å². The Morgan fingerprint density at radius 1 is 1.39 bits per heavy atom. The van der Waals surface area contributed by atoms with E-state index in [1.54, 1.807) is 12.1 Å². The Kier molecular flexibility index (Phi) is 4.15. The SMILES string of the molecule is NC(=S)c1ccccc1OC1CCCCNC1=O. The summed E-state index contributed by atoms with van der Waals surface area (Å²) < 4.78 is 5.76. The highest BCUT2D eigenvalue weighted by atomic mass is 32.1. The molecule has 1 saturated heterocycles. The minimum atomic E-state index is -0.456. The summed E-state index contributed by atoms with van der Waals surface area (Å²) in [5, 5.41) is 2.84. The first-order chi connectivity index (χ1) is 8.68. The maximum atomic E-state index is 11.8. The standard InChI is InChI=1S/C13H16N2O2S/c14-12(18)9-5-1-2-6-10(9)17-11-7-3-4-8-15-13(11)16/h1-2,5-6,11H,3-4,7-8H2,(H2,14,18)(H,15,16). The number of ether oxygens (including phenoxy) is 1. The van der Waals surface area contributed by atoms with E-state index in [2.05, 4.69) is 5.32 Å². The minimum absolute atomic E-state index is 0.0646. The van der Waals surface area contributed by atoms with Crippen LogP contribution in [0.2, 0.25) is 0 Å². The molecule has 0 saturated carbocycles. The van der Waals surface area contributed by atoms with Crippen LogP contribution in [-0.2, 0) is 4.79 Å². The van der Waals surface area contributed by atoms with Gasteiger partial charge in [0.15, 0.2) is 6.10 Å². The number of amides is 1. The molecule has 1 unspecified atom stereocenters. The lowest BCUT2D eigenvalue weighted by Gasteiger charge is -2.17. The fraction of sp³-hybridized carbons (Fsp3) is 0.385. The third-order valence-corrected chi connectivity index (χ3v) is 3.13. The summed E-state index contributed by atoms with van der Waals surface area (Å²) in [6.45, 7) is 0.718. The number of nitrogens with two attached hydrogens (primary N) is 1. The molecule has 0 aromatic heterocycles. The molecule has 4 nitrogen and oxygen atoms in total. The van der Waals surface area contributed by atoms with Gasteiger partial charge in [-0.2, -0.15) is 0 Å². The highest BCUT2D eigenvalue weighted by Crippen LogP contribution is 2.21. The van der Waals surface area contributed by atoms with E-state index in [1.165, 1.54) is 0 Å². The number of thiocarbonyl (C=S) groups is 1. The van der Waals surface area contributed by atoms with Crippen molar-refractivity contribution >= 4 is 23.1 Å². The van der Waals surface area contributed by atoms with Crippen LogP contribution >= 0.6 is 12.2 Å². The predicted molar refractivity (Wildman–Crippen MR) is 73.6 cm³/mol. The molecule has 1 heterocycles. The van der Waals surface area contributed by atoms with E-state index in [1.807, 2.05) is 12.1 Å². The summed E-state index contributed by atoms with van der Waals surface area (Å²) in [6.07, 6.45) is 2.22. The molecule has 1 aliphatic heterocycles. The van der Waals surface area contributed by atoms with E-state index in [0.717, 1.165) is 25.8 Å². The average Bonchev–Trinajstić information content (AvgIpc) is 2.55. The topological polar surface area (TPSA) is 64.3 Å². The molecular weight excluding hydrogens is 248 g/mol. The molecule has 3 N–H and O–H groups in total. The van der Waals surface area contributed by atoms with Crippen LogP contribution < -0.4 is 15.8 Å². The quantitative estimate of drug-likeness (QED) is 0.809. The average molecular weight is 264 g/mol. The van der Waals surface area contributed by atoms with Crippen LogP contribution in [-0.4, -0.2) is 23.5 Å². The lowest BCUT2D eigenvalue weighted by molar-refractivity contribution is -0.127. The zero-order chi connectivity index (χ0) is 13.0. The van der Waals surface area contributed by atoms with Crippen LogP contribution in [0.3, 0.4) is 0 Å². The van der Waals surface area contributed by atoms with Crippen LogP contribution in [0, 0.1) is 0 Å². The van der Waals surface area contributed by atoms with Gasteiger partial charge in [-0.15, -0.1) is 0 Å². The summed E-state index contributed by atoms with van der Waals surface area (Å²) in [5.41, 5.74) is 6.31. The fourth-order valence-electron chi connectivity index (χ4n) is 1.95. The second-order valence-corrected chi connectivity index (χ2v) is 4.69. The lowest BCUT2D eigenvalue weighted by Crippen LogP contribution is -2.36. The van der Waals surface area contributed by atoms with Crippen molar-refractivity contribution in [2.75, 3.05) is 6.54 Å². The molecular formula is C13H16N2O2S. The Morgan fingerprint density at radius 2 is 2.17 bits per heavy atom. The monoisotopic (exact) mass is 264 g/mol. The van der Waals surface area contributed by atoms with Crippen LogP contribution in [0.25, 0.3) is 0 Å². The van der Waals surface area contributed by atoms with E-state index < -0.39 is 6.10 Å². The number of para-hydroxylation sites is 1. The Bertz CT molecular complexity index is 462. The number of benzene rings is 1. The van der Waals surface area contributed by atoms with Gasteiger partial charge in [0, 0.05) is 6.54 Å². The lowest BCUT2D eigenvalue weighted by atomic mass is 10.1. The van der Waals surface area contributed by atoms with Gasteiger partial charge in [-0.1, -0.05) is 24.4 Å². The van der Waals surface area contributed by atoms with E-state index in [4.69, 9.17) is 22.7 Å².